The monoisotopic (exact) mass is 590 g/mol. The zero-order valence-corrected chi connectivity index (χ0v) is 23.9. The van der Waals surface area contributed by atoms with Crippen LogP contribution in [0.2, 0.25) is 0 Å². The minimum Gasteiger partial charge on any atom is -0.396 e. The van der Waals surface area contributed by atoms with Crippen molar-refractivity contribution in [3.05, 3.63) is 94.7 Å². The molecule has 4 N–H and O–H groups in total. The Morgan fingerprint density at radius 1 is 1.05 bits per heavy atom. The molecule has 3 aromatic rings. The van der Waals surface area contributed by atoms with Crippen molar-refractivity contribution in [2.24, 2.45) is 0 Å². The van der Waals surface area contributed by atoms with Crippen molar-refractivity contribution >= 4 is 21.7 Å². The van der Waals surface area contributed by atoms with Gasteiger partial charge in [-0.3, -0.25) is 9.10 Å². The molecule has 0 saturated heterocycles. The van der Waals surface area contributed by atoms with Crippen LogP contribution in [0, 0.1) is 11.6 Å². The number of amides is 1. The first-order valence-corrected chi connectivity index (χ1v) is 15.1. The number of nitrogens with zero attached hydrogens (tertiary/aromatic N) is 2. The summed E-state index contributed by atoms with van der Waals surface area (Å²) in [5, 5.41) is 26.1. The number of aliphatic hydroxyl groups is 2. The van der Waals surface area contributed by atoms with Gasteiger partial charge in [-0.25, -0.2) is 22.2 Å². The highest BCUT2D eigenvalue weighted by Gasteiger charge is 2.25. The number of hydrogen-bond donors (Lipinski definition) is 4. The van der Waals surface area contributed by atoms with Crippen LogP contribution in [0.25, 0.3) is 0 Å². The van der Waals surface area contributed by atoms with Crippen LogP contribution < -0.4 is 14.9 Å². The molecule has 0 fully saturated rings. The number of sulfonamides is 1. The molecule has 0 bridgehead atoms. The van der Waals surface area contributed by atoms with Crippen LogP contribution in [0.4, 0.5) is 14.6 Å². The molecule has 1 heterocycles. The number of carbonyl (C=O) groups excluding carboxylic acids is 1. The molecule has 0 unspecified atom stereocenters. The van der Waals surface area contributed by atoms with Crippen molar-refractivity contribution in [2.45, 2.75) is 44.9 Å². The first-order valence-electron chi connectivity index (χ1n) is 13.3. The minimum absolute atomic E-state index is 0.00567. The van der Waals surface area contributed by atoms with Crippen LogP contribution in [0.15, 0.2) is 60.8 Å². The second-order valence-electron chi connectivity index (χ2n) is 9.75. The molecule has 1 amide bonds. The van der Waals surface area contributed by atoms with Crippen molar-refractivity contribution in [3.8, 4) is 0 Å². The summed E-state index contributed by atoms with van der Waals surface area (Å²) in [5.41, 5.74) is 2.50. The molecule has 0 radical (unpaired) electrons. The highest BCUT2D eigenvalue weighted by atomic mass is 32.2. The molecule has 0 aliphatic carbocycles. The van der Waals surface area contributed by atoms with Crippen LogP contribution in [-0.2, 0) is 29.4 Å². The number of hydrogen-bond acceptors (Lipinski definition) is 7. The molecule has 222 valence electrons. The normalized spacial score (nSPS) is 13.0. The summed E-state index contributed by atoms with van der Waals surface area (Å²) < 4.78 is 53.3. The van der Waals surface area contributed by atoms with Gasteiger partial charge in [0.1, 0.15) is 17.5 Å². The van der Waals surface area contributed by atoms with Gasteiger partial charge in [-0.2, -0.15) is 0 Å². The van der Waals surface area contributed by atoms with Gasteiger partial charge in [0.25, 0.3) is 5.91 Å². The lowest BCUT2D eigenvalue weighted by Gasteiger charge is -2.25. The lowest BCUT2D eigenvalue weighted by atomic mass is 10.00. The van der Waals surface area contributed by atoms with E-state index in [9.17, 15) is 27.1 Å². The lowest BCUT2D eigenvalue weighted by Crippen LogP contribution is -2.48. The topological polar surface area (TPSA) is 132 Å². The Hall–Kier alpha value is -3.45. The fourth-order valence-electron chi connectivity index (χ4n) is 4.34. The van der Waals surface area contributed by atoms with Gasteiger partial charge in [-0.1, -0.05) is 31.2 Å². The molecule has 2 aromatic carbocycles. The maximum absolute atomic E-state index is 13.9. The largest absolute Gasteiger partial charge is 0.396 e. The maximum Gasteiger partial charge on any atom is 0.251 e. The van der Waals surface area contributed by atoms with E-state index < -0.39 is 39.7 Å². The molecule has 3 rings (SSSR count). The number of aryl methyl sites for hydroxylation is 1. The molecule has 2 atom stereocenters. The van der Waals surface area contributed by atoms with E-state index in [0.717, 1.165) is 40.7 Å². The van der Waals surface area contributed by atoms with E-state index >= 15 is 0 Å². The lowest BCUT2D eigenvalue weighted by molar-refractivity contribution is 0.0829. The van der Waals surface area contributed by atoms with Crippen LogP contribution >= 0.6 is 0 Å². The van der Waals surface area contributed by atoms with E-state index in [1.165, 1.54) is 23.9 Å². The fraction of sp³-hybridized carbons (Fsp3) is 0.379. The molecule has 0 spiro atoms. The number of benzene rings is 2. The Labute approximate surface area is 239 Å². The van der Waals surface area contributed by atoms with Crippen LogP contribution in [-0.4, -0.2) is 67.6 Å². The van der Waals surface area contributed by atoms with E-state index in [4.69, 9.17) is 5.11 Å². The van der Waals surface area contributed by atoms with Gasteiger partial charge in [0.05, 0.1) is 18.4 Å². The van der Waals surface area contributed by atoms with Gasteiger partial charge in [-0.15, -0.1) is 0 Å². The first kappa shape index (κ1) is 32.1. The number of pyridine rings is 1. The third kappa shape index (κ3) is 9.85. The summed E-state index contributed by atoms with van der Waals surface area (Å²) in [6.07, 6.45) is 2.11. The predicted octanol–water partition coefficient (Wildman–Crippen LogP) is 2.56. The molecule has 9 nitrogen and oxygen atoms in total. The van der Waals surface area contributed by atoms with Crippen molar-refractivity contribution in [1.29, 1.82) is 0 Å². The van der Waals surface area contributed by atoms with Crippen molar-refractivity contribution in [3.63, 3.8) is 0 Å². The summed E-state index contributed by atoms with van der Waals surface area (Å²) in [4.78, 5) is 17.3. The quantitative estimate of drug-likeness (QED) is 0.214. The predicted molar refractivity (Wildman–Crippen MR) is 153 cm³/mol. The Morgan fingerprint density at radius 2 is 1.76 bits per heavy atom. The second kappa shape index (κ2) is 15.0. The average Bonchev–Trinajstić information content (AvgIpc) is 2.92. The Morgan fingerprint density at radius 3 is 2.41 bits per heavy atom. The SMILES string of the molecule is CCc1cccc(CNC[C@H](O)[C@H](Cc2cc(F)cc(F)c2)NC(=O)c2ccnc(N(CCCO)S(C)(=O)=O)c2)c1. The number of nitrogens with one attached hydrogen (secondary N) is 2. The Balaban J connectivity index is 1.79. The van der Waals surface area contributed by atoms with Crippen molar-refractivity contribution in [1.82, 2.24) is 15.6 Å². The highest BCUT2D eigenvalue weighted by molar-refractivity contribution is 7.92. The average molecular weight is 591 g/mol. The van der Waals surface area contributed by atoms with Crippen molar-refractivity contribution < 1.29 is 32.2 Å². The van der Waals surface area contributed by atoms with E-state index in [1.807, 2.05) is 18.2 Å². The van der Waals surface area contributed by atoms with E-state index in [2.05, 4.69) is 28.6 Å². The van der Waals surface area contributed by atoms with Crippen molar-refractivity contribution in [2.75, 3.05) is 30.3 Å². The standard InChI is InChI=1S/C29H36F2N4O5S/c1-3-20-6-4-7-21(12-20)18-32-19-27(37)26(15-22-13-24(30)17-25(31)14-22)34-29(38)23-8-9-33-28(16-23)35(10-5-11-36)41(2,39)40/h4,6-9,12-14,16-17,26-27,32,36-37H,3,5,10-11,15,18-19H2,1-2H3,(H,34,38)/t26-,27-/m0/s1. The summed E-state index contributed by atoms with van der Waals surface area (Å²) in [6.45, 7) is 2.32. The third-order valence-electron chi connectivity index (χ3n) is 6.42. The molecular weight excluding hydrogens is 554 g/mol. The Kier molecular flexibility index (Phi) is 11.7. The van der Waals surface area contributed by atoms with Gasteiger partial charge < -0.3 is 20.8 Å². The first-order chi connectivity index (χ1) is 19.5. The molecule has 0 aliphatic rings. The van der Waals surface area contributed by atoms with Crippen LogP contribution in [0.1, 0.15) is 40.4 Å². The third-order valence-corrected chi connectivity index (χ3v) is 7.59. The van der Waals surface area contributed by atoms with Gasteiger partial charge in [0, 0.05) is 44.1 Å². The molecule has 0 aliphatic heterocycles. The molecule has 41 heavy (non-hydrogen) atoms. The van der Waals surface area contributed by atoms with Gasteiger partial charge in [0.15, 0.2) is 0 Å². The fourth-order valence-corrected chi connectivity index (χ4v) is 5.24. The number of aromatic nitrogens is 1. The zero-order chi connectivity index (χ0) is 30.0. The molecule has 0 saturated carbocycles. The smallest absolute Gasteiger partial charge is 0.251 e. The van der Waals surface area contributed by atoms with E-state index in [0.29, 0.717) is 6.54 Å². The van der Waals surface area contributed by atoms with Crippen LogP contribution in [0.5, 0.6) is 0 Å². The minimum atomic E-state index is -3.75. The summed E-state index contributed by atoms with van der Waals surface area (Å²) >= 11 is 0. The number of rotatable bonds is 15. The number of halogens is 2. The summed E-state index contributed by atoms with van der Waals surface area (Å²) in [7, 11) is -3.75. The van der Waals surface area contributed by atoms with Gasteiger partial charge >= 0.3 is 0 Å². The van der Waals surface area contributed by atoms with Gasteiger partial charge in [0.2, 0.25) is 10.0 Å². The summed E-state index contributed by atoms with van der Waals surface area (Å²) in [6, 6.07) is 12.7. The molecule has 12 heteroatoms. The Bertz CT molecular complexity index is 1400. The second-order valence-corrected chi connectivity index (χ2v) is 11.7. The van der Waals surface area contributed by atoms with Crippen LogP contribution in [0.3, 0.4) is 0 Å². The number of anilines is 1. The highest BCUT2D eigenvalue weighted by Crippen LogP contribution is 2.18. The number of carbonyl (C=O) groups is 1. The zero-order valence-electron chi connectivity index (χ0n) is 23.1. The van der Waals surface area contributed by atoms with Gasteiger partial charge in [-0.05, 0) is 60.2 Å². The van der Waals surface area contributed by atoms with E-state index in [-0.39, 0.29) is 49.5 Å². The van der Waals surface area contributed by atoms with E-state index in [1.54, 1.807) is 0 Å². The maximum atomic E-state index is 13.9. The molecular formula is C29H36F2N4O5S. The molecule has 1 aromatic heterocycles. The summed E-state index contributed by atoms with van der Waals surface area (Å²) in [5.74, 6) is -2.21. The number of aliphatic hydroxyl groups excluding tert-OH is 2.